The van der Waals surface area contributed by atoms with E-state index in [4.69, 9.17) is 19.3 Å². The highest BCUT2D eigenvalue weighted by Gasteiger charge is 2.37. The maximum Gasteiger partial charge on any atom is 0.341 e. The third kappa shape index (κ3) is 5.67. The van der Waals surface area contributed by atoms with Gasteiger partial charge in [0.1, 0.15) is 11.3 Å². The summed E-state index contributed by atoms with van der Waals surface area (Å²) in [4.78, 5) is 50.1. The molecule has 1 fully saturated rings. The first-order valence-electron chi connectivity index (χ1n) is 10.6. The van der Waals surface area contributed by atoms with Crippen molar-refractivity contribution in [2.24, 2.45) is 0 Å². The average molecular weight is 480 g/mol. The van der Waals surface area contributed by atoms with Crippen LogP contribution in [0.2, 0.25) is 0 Å². The standard InChI is InChI=1S/C25H24N2O8/c1-4-7-16-10-15(12-20(33-3)22(16)35-14-21(28)29)11-19-23(30)26-25(32)27(24(19)31)17-8-6-9-18(13-17)34-5-2/h4,6,8-13H,1,5,7,14H2,2-3H3,(H,28,29)(H,26,30,32)/b19-11+. The van der Waals surface area contributed by atoms with E-state index in [-0.39, 0.29) is 22.8 Å². The molecule has 35 heavy (non-hydrogen) atoms. The molecular formula is C25H24N2O8. The molecule has 1 aliphatic heterocycles. The van der Waals surface area contributed by atoms with E-state index < -0.39 is 30.4 Å². The van der Waals surface area contributed by atoms with Crippen LogP contribution < -0.4 is 24.4 Å². The fraction of sp³-hybridized carbons (Fsp3) is 0.200. The van der Waals surface area contributed by atoms with Crippen molar-refractivity contribution in [3.8, 4) is 17.2 Å². The largest absolute Gasteiger partial charge is 0.494 e. The number of allylic oxidation sites excluding steroid dienone is 1. The number of urea groups is 1. The molecule has 0 bridgehead atoms. The summed E-state index contributed by atoms with van der Waals surface area (Å²) in [5.41, 5.74) is 0.891. The average Bonchev–Trinajstić information content (AvgIpc) is 2.81. The molecule has 1 aliphatic rings. The summed E-state index contributed by atoms with van der Waals surface area (Å²) in [6, 6.07) is 8.61. The number of hydrogen-bond donors (Lipinski definition) is 2. The minimum Gasteiger partial charge on any atom is -0.494 e. The zero-order chi connectivity index (χ0) is 25.5. The summed E-state index contributed by atoms with van der Waals surface area (Å²) in [5, 5.41) is 11.1. The van der Waals surface area contributed by atoms with Crippen LogP contribution in [0.5, 0.6) is 17.2 Å². The first kappa shape index (κ1) is 25.0. The van der Waals surface area contributed by atoms with Gasteiger partial charge >= 0.3 is 12.0 Å². The van der Waals surface area contributed by atoms with E-state index in [2.05, 4.69) is 11.9 Å². The number of anilines is 1. The van der Waals surface area contributed by atoms with E-state index >= 15 is 0 Å². The molecule has 3 rings (SSSR count). The van der Waals surface area contributed by atoms with Crippen molar-refractivity contribution in [3.63, 3.8) is 0 Å². The summed E-state index contributed by atoms with van der Waals surface area (Å²) < 4.78 is 16.2. The van der Waals surface area contributed by atoms with E-state index in [1.54, 1.807) is 37.3 Å². The predicted molar refractivity (Wildman–Crippen MR) is 127 cm³/mol. The first-order chi connectivity index (χ1) is 16.8. The van der Waals surface area contributed by atoms with Gasteiger partial charge in [-0.3, -0.25) is 14.9 Å². The second-order valence-electron chi connectivity index (χ2n) is 7.27. The maximum atomic E-state index is 13.2. The fourth-order valence-corrected chi connectivity index (χ4v) is 3.46. The first-order valence-corrected chi connectivity index (χ1v) is 10.6. The molecule has 4 amide bonds. The smallest absolute Gasteiger partial charge is 0.341 e. The minimum atomic E-state index is -1.16. The number of rotatable bonds is 10. The van der Waals surface area contributed by atoms with Crippen LogP contribution in [0.1, 0.15) is 18.1 Å². The van der Waals surface area contributed by atoms with Crippen molar-refractivity contribution in [1.82, 2.24) is 5.32 Å². The van der Waals surface area contributed by atoms with Gasteiger partial charge in [-0.2, -0.15) is 0 Å². The summed E-state index contributed by atoms with van der Waals surface area (Å²) in [7, 11) is 1.38. The Bertz CT molecular complexity index is 1220. The quantitative estimate of drug-likeness (QED) is 0.301. The number of nitrogens with one attached hydrogen (secondary N) is 1. The van der Waals surface area contributed by atoms with Crippen molar-refractivity contribution < 1.29 is 38.5 Å². The van der Waals surface area contributed by atoms with Gasteiger partial charge in [0.15, 0.2) is 18.1 Å². The molecule has 0 saturated carbocycles. The molecular weight excluding hydrogens is 456 g/mol. The molecule has 0 aliphatic carbocycles. The minimum absolute atomic E-state index is 0.207. The zero-order valence-corrected chi connectivity index (χ0v) is 19.2. The van der Waals surface area contributed by atoms with Crippen LogP contribution in [0.15, 0.2) is 54.6 Å². The van der Waals surface area contributed by atoms with Crippen molar-refractivity contribution >= 4 is 35.6 Å². The van der Waals surface area contributed by atoms with E-state index in [1.165, 1.54) is 25.3 Å². The van der Waals surface area contributed by atoms with Crippen LogP contribution >= 0.6 is 0 Å². The summed E-state index contributed by atoms with van der Waals surface area (Å²) in [6.45, 7) is 5.31. The molecule has 2 aromatic rings. The second kappa shape index (κ2) is 11.0. The number of aliphatic carboxylic acids is 1. The number of carboxylic acid groups (broad SMARTS) is 1. The number of imide groups is 2. The van der Waals surface area contributed by atoms with Crippen LogP contribution in [0.25, 0.3) is 6.08 Å². The lowest BCUT2D eigenvalue weighted by atomic mass is 10.0. The summed E-state index contributed by atoms with van der Waals surface area (Å²) in [5.74, 6) is -1.95. The number of carboxylic acids is 1. The zero-order valence-electron chi connectivity index (χ0n) is 19.2. The van der Waals surface area contributed by atoms with Crippen molar-refractivity contribution in [3.05, 3.63) is 65.8 Å². The normalized spacial score (nSPS) is 14.5. The Kier molecular flexibility index (Phi) is 7.88. The number of amides is 4. The third-order valence-corrected chi connectivity index (χ3v) is 4.88. The number of benzene rings is 2. The molecule has 10 heteroatoms. The molecule has 2 N–H and O–H groups in total. The molecule has 0 atom stereocenters. The lowest BCUT2D eigenvalue weighted by molar-refractivity contribution is -0.139. The Morgan fingerprint density at radius 2 is 1.94 bits per heavy atom. The molecule has 0 spiro atoms. The number of nitrogens with zero attached hydrogens (tertiary/aromatic N) is 1. The summed E-state index contributed by atoms with van der Waals surface area (Å²) in [6.07, 6.45) is 3.21. The van der Waals surface area contributed by atoms with Gasteiger partial charge in [-0.25, -0.2) is 14.5 Å². The molecule has 0 unspecified atom stereocenters. The number of ether oxygens (including phenoxy) is 3. The molecule has 1 heterocycles. The molecule has 0 radical (unpaired) electrons. The van der Waals surface area contributed by atoms with Gasteiger partial charge in [0.25, 0.3) is 11.8 Å². The van der Waals surface area contributed by atoms with Gasteiger partial charge in [-0.1, -0.05) is 12.1 Å². The lowest BCUT2D eigenvalue weighted by Crippen LogP contribution is -2.54. The monoisotopic (exact) mass is 480 g/mol. The number of hydrogen-bond acceptors (Lipinski definition) is 7. The van der Waals surface area contributed by atoms with Crippen molar-refractivity contribution in [1.29, 1.82) is 0 Å². The predicted octanol–water partition coefficient (Wildman–Crippen LogP) is 2.95. The van der Waals surface area contributed by atoms with Gasteiger partial charge in [0.05, 0.1) is 19.4 Å². The van der Waals surface area contributed by atoms with Crippen LogP contribution in [0.3, 0.4) is 0 Å². The van der Waals surface area contributed by atoms with Gasteiger partial charge in [-0.15, -0.1) is 6.58 Å². The molecule has 182 valence electrons. The fourth-order valence-electron chi connectivity index (χ4n) is 3.46. The van der Waals surface area contributed by atoms with Gasteiger partial charge in [0, 0.05) is 11.6 Å². The lowest BCUT2D eigenvalue weighted by Gasteiger charge is -2.26. The van der Waals surface area contributed by atoms with Crippen LogP contribution in [-0.2, 0) is 20.8 Å². The van der Waals surface area contributed by atoms with Gasteiger partial charge in [0.2, 0.25) is 0 Å². The Labute approximate surface area is 201 Å². The van der Waals surface area contributed by atoms with Crippen LogP contribution in [-0.4, -0.2) is 49.2 Å². The van der Waals surface area contributed by atoms with E-state index in [1.807, 2.05) is 0 Å². The van der Waals surface area contributed by atoms with E-state index in [0.717, 1.165) is 4.90 Å². The molecule has 2 aromatic carbocycles. The third-order valence-electron chi connectivity index (χ3n) is 4.88. The Balaban J connectivity index is 2.04. The Morgan fingerprint density at radius 3 is 2.60 bits per heavy atom. The second-order valence-corrected chi connectivity index (χ2v) is 7.27. The molecule has 10 nitrogen and oxygen atoms in total. The number of barbiturate groups is 1. The Hall–Kier alpha value is -4.60. The molecule has 1 saturated heterocycles. The SMILES string of the molecule is C=CCc1cc(/C=C2\C(=O)NC(=O)N(c3cccc(OCC)c3)C2=O)cc(OC)c1OCC(=O)O. The van der Waals surface area contributed by atoms with Crippen molar-refractivity contribution in [2.75, 3.05) is 25.2 Å². The number of carbonyl (C=O) groups excluding carboxylic acids is 3. The topological polar surface area (TPSA) is 131 Å². The number of carbonyl (C=O) groups is 4. The summed E-state index contributed by atoms with van der Waals surface area (Å²) >= 11 is 0. The van der Waals surface area contributed by atoms with Crippen LogP contribution in [0, 0.1) is 0 Å². The highest BCUT2D eigenvalue weighted by atomic mass is 16.5. The Morgan fingerprint density at radius 1 is 1.17 bits per heavy atom. The highest BCUT2D eigenvalue weighted by Crippen LogP contribution is 2.35. The van der Waals surface area contributed by atoms with Gasteiger partial charge in [-0.05, 0) is 49.2 Å². The van der Waals surface area contributed by atoms with Crippen LogP contribution in [0.4, 0.5) is 10.5 Å². The van der Waals surface area contributed by atoms with E-state index in [0.29, 0.717) is 29.9 Å². The van der Waals surface area contributed by atoms with E-state index in [9.17, 15) is 19.2 Å². The van der Waals surface area contributed by atoms with Gasteiger partial charge < -0.3 is 19.3 Å². The highest BCUT2D eigenvalue weighted by molar-refractivity contribution is 6.39. The molecule has 0 aromatic heterocycles. The number of methoxy groups -OCH3 is 1. The maximum absolute atomic E-state index is 13.2. The van der Waals surface area contributed by atoms with Crippen molar-refractivity contribution in [2.45, 2.75) is 13.3 Å².